The highest BCUT2D eigenvalue weighted by Gasteiger charge is 2.40. The van der Waals surface area contributed by atoms with Gasteiger partial charge in [-0.3, -0.25) is 0 Å². The van der Waals surface area contributed by atoms with Crippen LogP contribution in [-0.2, 0) is 13.5 Å². The van der Waals surface area contributed by atoms with E-state index in [1.165, 1.54) is 4.80 Å². The molecule has 5 nitrogen and oxygen atoms in total. The maximum atomic E-state index is 10.5. The Bertz CT molecular complexity index is 338. The second-order valence-electron chi connectivity index (χ2n) is 4.47. The van der Waals surface area contributed by atoms with E-state index < -0.39 is 5.60 Å². The summed E-state index contributed by atoms with van der Waals surface area (Å²) in [5.74, 6) is 1.04. The summed E-state index contributed by atoms with van der Waals surface area (Å²) in [4.78, 5) is 1.44. The minimum Gasteiger partial charge on any atom is -0.389 e. The Kier molecular flexibility index (Phi) is 2.73. The smallest absolute Gasteiger partial charge is 0.177 e. The summed E-state index contributed by atoms with van der Waals surface area (Å²) < 4.78 is 0. The van der Waals surface area contributed by atoms with Gasteiger partial charge in [-0.05, 0) is 24.0 Å². The normalized spacial score (nSPS) is 31.0. The summed E-state index contributed by atoms with van der Waals surface area (Å²) in [6, 6.07) is 0. The highest BCUT2D eigenvalue weighted by molar-refractivity contribution is 4.98. The van der Waals surface area contributed by atoms with Gasteiger partial charge in [-0.2, -0.15) is 4.80 Å². The molecular formula is C10H18N4O. The first-order chi connectivity index (χ1) is 7.14. The van der Waals surface area contributed by atoms with Crippen molar-refractivity contribution in [3.63, 3.8) is 0 Å². The minimum atomic E-state index is -0.599. The van der Waals surface area contributed by atoms with E-state index >= 15 is 0 Å². The van der Waals surface area contributed by atoms with Gasteiger partial charge in [0.2, 0.25) is 0 Å². The molecule has 84 valence electrons. The summed E-state index contributed by atoms with van der Waals surface area (Å²) in [6.07, 6.45) is 4.66. The molecule has 1 fully saturated rings. The molecule has 1 N–H and O–H groups in total. The summed E-state index contributed by atoms with van der Waals surface area (Å²) in [5, 5.41) is 22.3. The Labute approximate surface area is 89.5 Å². The van der Waals surface area contributed by atoms with Crippen LogP contribution in [0, 0.1) is 5.92 Å². The number of hydrogen-bond donors (Lipinski definition) is 1. The van der Waals surface area contributed by atoms with E-state index in [1.807, 2.05) is 0 Å². The average Bonchev–Trinajstić information content (AvgIpc) is 2.73. The lowest BCUT2D eigenvalue weighted by molar-refractivity contribution is -0.000322. The van der Waals surface area contributed by atoms with Crippen LogP contribution >= 0.6 is 0 Å². The number of aliphatic hydroxyl groups is 1. The van der Waals surface area contributed by atoms with Gasteiger partial charge in [-0.15, -0.1) is 10.2 Å². The Morgan fingerprint density at radius 3 is 3.00 bits per heavy atom. The van der Waals surface area contributed by atoms with Crippen LogP contribution < -0.4 is 0 Å². The Balaban J connectivity index is 2.09. The maximum Gasteiger partial charge on any atom is 0.177 e. The van der Waals surface area contributed by atoms with E-state index in [2.05, 4.69) is 22.3 Å². The molecule has 0 spiro atoms. The summed E-state index contributed by atoms with van der Waals surface area (Å²) in [5.41, 5.74) is -0.599. The molecule has 2 rings (SSSR count). The van der Waals surface area contributed by atoms with Gasteiger partial charge in [-0.25, -0.2) is 0 Å². The molecule has 1 aliphatic carbocycles. The van der Waals surface area contributed by atoms with E-state index in [0.29, 0.717) is 18.2 Å². The zero-order valence-electron chi connectivity index (χ0n) is 9.35. The first-order valence-electron chi connectivity index (χ1n) is 5.59. The van der Waals surface area contributed by atoms with Crippen molar-refractivity contribution >= 4 is 0 Å². The molecule has 0 aromatic carbocycles. The minimum absolute atomic E-state index is 0.390. The second kappa shape index (κ2) is 3.89. The van der Waals surface area contributed by atoms with Gasteiger partial charge in [0.25, 0.3) is 0 Å². The highest BCUT2D eigenvalue weighted by Crippen LogP contribution is 2.39. The van der Waals surface area contributed by atoms with Crippen LogP contribution in [-0.4, -0.2) is 30.9 Å². The van der Waals surface area contributed by atoms with Crippen LogP contribution in [0.4, 0.5) is 0 Å². The molecule has 15 heavy (non-hydrogen) atoms. The van der Waals surface area contributed by atoms with Gasteiger partial charge in [0, 0.05) is 6.42 Å². The van der Waals surface area contributed by atoms with Crippen molar-refractivity contribution in [3.8, 4) is 0 Å². The number of aromatic nitrogens is 4. The fraction of sp³-hybridized carbons (Fsp3) is 0.900. The predicted molar refractivity (Wildman–Crippen MR) is 55.1 cm³/mol. The number of hydrogen-bond acceptors (Lipinski definition) is 4. The maximum absolute atomic E-state index is 10.5. The van der Waals surface area contributed by atoms with Crippen molar-refractivity contribution in [1.82, 2.24) is 20.2 Å². The van der Waals surface area contributed by atoms with Crippen LogP contribution in [0.3, 0.4) is 0 Å². The molecule has 1 aromatic rings. The summed E-state index contributed by atoms with van der Waals surface area (Å²) >= 11 is 0. The molecule has 1 saturated carbocycles. The Morgan fingerprint density at radius 2 is 2.40 bits per heavy atom. The molecule has 1 aliphatic rings. The molecular weight excluding hydrogens is 192 g/mol. The van der Waals surface area contributed by atoms with E-state index in [1.54, 1.807) is 7.05 Å². The monoisotopic (exact) mass is 210 g/mol. The first kappa shape index (κ1) is 10.5. The summed E-state index contributed by atoms with van der Waals surface area (Å²) in [7, 11) is 1.74. The first-order valence-corrected chi connectivity index (χ1v) is 5.59. The Morgan fingerprint density at radius 1 is 1.60 bits per heavy atom. The van der Waals surface area contributed by atoms with Crippen LogP contribution in [0.15, 0.2) is 0 Å². The third kappa shape index (κ3) is 2.02. The molecule has 1 heterocycles. The molecule has 0 bridgehead atoms. The van der Waals surface area contributed by atoms with Crippen molar-refractivity contribution in [2.45, 2.75) is 44.6 Å². The summed E-state index contributed by atoms with van der Waals surface area (Å²) in [6.45, 7) is 2.13. The van der Waals surface area contributed by atoms with E-state index in [4.69, 9.17) is 0 Å². The fourth-order valence-electron chi connectivity index (χ4n) is 2.61. The quantitative estimate of drug-likeness (QED) is 0.797. The number of aryl methyl sites for hydroxylation is 1. The van der Waals surface area contributed by atoms with Gasteiger partial charge >= 0.3 is 0 Å². The zero-order chi connectivity index (χ0) is 10.9. The molecule has 0 saturated heterocycles. The lowest BCUT2D eigenvalue weighted by atomic mass is 9.86. The molecule has 2 atom stereocenters. The number of nitrogens with zero attached hydrogens (tertiary/aromatic N) is 4. The second-order valence-corrected chi connectivity index (χ2v) is 4.47. The van der Waals surface area contributed by atoms with Crippen LogP contribution in [0.25, 0.3) is 0 Å². The Hall–Kier alpha value is -0.970. The van der Waals surface area contributed by atoms with Crippen molar-refractivity contribution in [2.24, 2.45) is 13.0 Å². The largest absolute Gasteiger partial charge is 0.389 e. The van der Waals surface area contributed by atoms with Gasteiger partial charge < -0.3 is 5.11 Å². The van der Waals surface area contributed by atoms with Crippen molar-refractivity contribution < 1.29 is 5.11 Å². The van der Waals surface area contributed by atoms with Gasteiger partial charge in [0.1, 0.15) is 0 Å². The van der Waals surface area contributed by atoms with E-state index in [9.17, 15) is 5.11 Å². The van der Waals surface area contributed by atoms with E-state index in [0.717, 1.165) is 25.7 Å². The molecule has 0 radical (unpaired) electrons. The van der Waals surface area contributed by atoms with Gasteiger partial charge in [-0.1, -0.05) is 19.8 Å². The van der Waals surface area contributed by atoms with Crippen LogP contribution in [0.2, 0.25) is 0 Å². The third-order valence-corrected chi connectivity index (χ3v) is 3.43. The molecule has 0 amide bonds. The molecule has 2 unspecified atom stereocenters. The lowest BCUT2D eigenvalue weighted by Gasteiger charge is -2.28. The highest BCUT2D eigenvalue weighted by atomic mass is 16.3. The SMILES string of the molecule is CCC1CCCC1(O)Cc1nnn(C)n1. The van der Waals surface area contributed by atoms with E-state index in [-0.39, 0.29) is 0 Å². The van der Waals surface area contributed by atoms with Crippen LogP contribution in [0.1, 0.15) is 38.4 Å². The zero-order valence-corrected chi connectivity index (χ0v) is 9.35. The topological polar surface area (TPSA) is 63.8 Å². The standard InChI is InChI=1S/C10H18N4O/c1-3-8-5-4-6-10(8,15)7-9-11-13-14(2)12-9/h8,15H,3-7H2,1-2H3. The molecule has 5 heteroatoms. The average molecular weight is 210 g/mol. The van der Waals surface area contributed by atoms with Crippen molar-refractivity contribution in [1.29, 1.82) is 0 Å². The fourth-order valence-corrected chi connectivity index (χ4v) is 2.61. The number of rotatable bonds is 3. The van der Waals surface area contributed by atoms with Crippen molar-refractivity contribution in [3.05, 3.63) is 5.82 Å². The molecule has 1 aromatic heterocycles. The lowest BCUT2D eigenvalue weighted by Crippen LogP contribution is -2.35. The van der Waals surface area contributed by atoms with Crippen LogP contribution in [0.5, 0.6) is 0 Å². The number of tetrazole rings is 1. The van der Waals surface area contributed by atoms with Gasteiger partial charge in [0.15, 0.2) is 5.82 Å². The van der Waals surface area contributed by atoms with Crippen molar-refractivity contribution in [2.75, 3.05) is 0 Å². The molecule has 0 aliphatic heterocycles. The van der Waals surface area contributed by atoms with Gasteiger partial charge in [0.05, 0.1) is 12.6 Å². The third-order valence-electron chi connectivity index (χ3n) is 3.43. The predicted octanol–water partition coefficient (Wildman–Crippen LogP) is 0.694.